The van der Waals surface area contributed by atoms with Crippen molar-refractivity contribution in [1.29, 1.82) is 0 Å². The van der Waals surface area contributed by atoms with Gasteiger partial charge in [-0.05, 0) is 52.3 Å². The molecule has 2 rings (SSSR count). The number of carbonyl (C=O) groups excluding carboxylic acids is 1. The second-order valence-corrected chi connectivity index (χ2v) is 4.99. The molecule has 0 aliphatic heterocycles. The molecule has 0 fully saturated rings. The van der Waals surface area contributed by atoms with Gasteiger partial charge < -0.3 is 9.47 Å². The van der Waals surface area contributed by atoms with Gasteiger partial charge >= 0.3 is 0 Å². The van der Waals surface area contributed by atoms with Gasteiger partial charge in [0, 0.05) is 0 Å². The third-order valence-corrected chi connectivity index (χ3v) is 3.35. The Labute approximate surface area is 128 Å². The predicted octanol–water partition coefficient (Wildman–Crippen LogP) is 4.00. The summed E-state index contributed by atoms with van der Waals surface area (Å²) in [6, 6.07) is 7.65. The molecule has 0 spiro atoms. The molecule has 2 aromatic rings. The zero-order valence-electron chi connectivity index (χ0n) is 11.0. The van der Waals surface area contributed by atoms with E-state index in [1.807, 2.05) is 0 Å². The minimum absolute atomic E-state index is 0.334. The third-order valence-electron chi connectivity index (χ3n) is 2.73. The monoisotopic (exact) mass is 356 g/mol. The van der Waals surface area contributed by atoms with Gasteiger partial charge in [0.2, 0.25) is 5.78 Å². The zero-order valence-corrected chi connectivity index (χ0v) is 12.6. The van der Waals surface area contributed by atoms with Gasteiger partial charge in [-0.3, -0.25) is 4.79 Å². The van der Waals surface area contributed by atoms with Crippen molar-refractivity contribution in [2.45, 2.75) is 0 Å². The van der Waals surface area contributed by atoms with E-state index < -0.39 is 24.0 Å². The highest BCUT2D eigenvalue weighted by Crippen LogP contribution is 2.29. The average Bonchev–Trinajstić information content (AvgIpc) is 2.48. The SMILES string of the molecule is COc1ccc(OCC(=O)c2cc(F)ccc2F)c(Br)c1. The van der Waals surface area contributed by atoms with E-state index in [1.54, 1.807) is 18.2 Å². The highest BCUT2D eigenvalue weighted by molar-refractivity contribution is 9.10. The van der Waals surface area contributed by atoms with Gasteiger partial charge in [-0.2, -0.15) is 0 Å². The summed E-state index contributed by atoms with van der Waals surface area (Å²) in [6.07, 6.45) is 0. The van der Waals surface area contributed by atoms with E-state index in [9.17, 15) is 13.6 Å². The van der Waals surface area contributed by atoms with Crippen molar-refractivity contribution < 1.29 is 23.0 Å². The molecule has 0 radical (unpaired) electrons. The lowest BCUT2D eigenvalue weighted by atomic mass is 10.1. The van der Waals surface area contributed by atoms with Crippen molar-refractivity contribution in [2.75, 3.05) is 13.7 Å². The molecule has 110 valence electrons. The predicted molar refractivity (Wildman–Crippen MR) is 76.9 cm³/mol. The van der Waals surface area contributed by atoms with Crippen molar-refractivity contribution in [3.8, 4) is 11.5 Å². The number of halogens is 3. The molecular weight excluding hydrogens is 346 g/mol. The lowest BCUT2D eigenvalue weighted by molar-refractivity contribution is 0.0916. The van der Waals surface area contributed by atoms with Crippen molar-refractivity contribution in [3.63, 3.8) is 0 Å². The van der Waals surface area contributed by atoms with E-state index in [4.69, 9.17) is 9.47 Å². The number of ether oxygens (including phenoxy) is 2. The Morgan fingerprint density at radius 3 is 2.62 bits per heavy atom. The quantitative estimate of drug-likeness (QED) is 0.759. The fourth-order valence-corrected chi connectivity index (χ4v) is 2.13. The van der Waals surface area contributed by atoms with E-state index in [1.165, 1.54) is 7.11 Å². The maximum atomic E-state index is 13.5. The second-order valence-electron chi connectivity index (χ2n) is 4.13. The van der Waals surface area contributed by atoms with Crippen LogP contribution in [0.4, 0.5) is 8.78 Å². The second kappa shape index (κ2) is 6.67. The van der Waals surface area contributed by atoms with Gasteiger partial charge in [0.05, 0.1) is 17.1 Å². The Bertz CT molecular complexity index is 674. The normalized spacial score (nSPS) is 10.3. The standard InChI is InChI=1S/C15H11BrF2O3/c1-20-10-3-5-15(12(16)7-10)21-8-14(19)11-6-9(17)2-4-13(11)18/h2-7H,8H2,1H3. The highest BCUT2D eigenvalue weighted by atomic mass is 79.9. The van der Waals surface area contributed by atoms with Crippen LogP contribution in [0, 0.1) is 11.6 Å². The first-order chi connectivity index (χ1) is 10.0. The van der Waals surface area contributed by atoms with Crippen LogP contribution in [0.1, 0.15) is 10.4 Å². The van der Waals surface area contributed by atoms with Gasteiger partial charge in [0.1, 0.15) is 23.1 Å². The van der Waals surface area contributed by atoms with Crippen molar-refractivity contribution in [2.24, 2.45) is 0 Å². The third kappa shape index (κ3) is 3.78. The van der Waals surface area contributed by atoms with Gasteiger partial charge in [-0.1, -0.05) is 0 Å². The number of methoxy groups -OCH3 is 1. The summed E-state index contributed by atoms with van der Waals surface area (Å²) in [5.74, 6) is -1.07. The van der Waals surface area contributed by atoms with Crippen LogP contribution >= 0.6 is 15.9 Å². The van der Waals surface area contributed by atoms with E-state index in [-0.39, 0.29) is 5.56 Å². The Morgan fingerprint density at radius 1 is 1.19 bits per heavy atom. The van der Waals surface area contributed by atoms with Crippen LogP contribution in [0.25, 0.3) is 0 Å². The number of carbonyl (C=O) groups is 1. The van der Waals surface area contributed by atoms with Gasteiger partial charge in [0.25, 0.3) is 0 Å². The Balaban J connectivity index is 2.09. The Morgan fingerprint density at radius 2 is 1.95 bits per heavy atom. The van der Waals surface area contributed by atoms with Crippen LogP contribution < -0.4 is 9.47 Å². The van der Waals surface area contributed by atoms with Crippen molar-refractivity contribution >= 4 is 21.7 Å². The van der Waals surface area contributed by atoms with Gasteiger partial charge in [0.15, 0.2) is 6.61 Å². The number of benzene rings is 2. The minimum Gasteiger partial charge on any atom is -0.497 e. The summed E-state index contributed by atoms with van der Waals surface area (Å²) in [7, 11) is 1.53. The summed E-state index contributed by atoms with van der Waals surface area (Å²) in [6.45, 7) is -0.398. The van der Waals surface area contributed by atoms with Crippen LogP contribution in [0.2, 0.25) is 0 Å². The first kappa shape index (κ1) is 15.4. The molecule has 2 aromatic carbocycles. The number of hydrogen-bond donors (Lipinski definition) is 0. The largest absolute Gasteiger partial charge is 0.497 e. The van der Waals surface area contributed by atoms with Crippen LogP contribution in [-0.4, -0.2) is 19.5 Å². The lowest BCUT2D eigenvalue weighted by Crippen LogP contribution is -2.13. The molecule has 3 nitrogen and oxygen atoms in total. The topological polar surface area (TPSA) is 35.5 Å². The molecule has 0 aliphatic rings. The van der Waals surface area contributed by atoms with Gasteiger partial charge in [-0.15, -0.1) is 0 Å². The van der Waals surface area contributed by atoms with Crippen LogP contribution in [0.5, 0.6) is 11.5 Å². The summed E-state index contributed by atoms with van der Waals surface area (Å²) < 4.78 is 37.4. The molecule has 0 N–H and O–H groups in total. The number of ketones is 1. The fourth-order valence-electron chi connectivity index (χ4n) is 1.66. The summed E-state index contributed by atoms with van der Waals surface area (Å²) in [5, 5.41) is 0. The van der Waals surface area contributed by atoms with Gasteiger partial charge in [-0.25, -0.2) is 8.78 Å². The smallest absolute Gasteiger partial charge is 0.203 e. The number of rotatable bonds is 5. The maximum Gasteiger partial charge on any atom is 0.203 e. The Hall–Kier alpha value is -1.95. The molecule has 0 saturated carbocycles. The summed E-state index contributed by atoms with van der Waals surface area (Å²) in [5.41, 5.74) is -0.334. The highest BCUT2D eigenvalue weighted by Gasteiger charge is 2.14. The molecule has 0 saturated heterocycles. The molecule has 0 aliphatic carbocycles. The van der Waals surface area contributed by atoms with Crippen LogP contribution in [0.3, 0.4) is 0 Å². The molecule has 0 bridgehead atoms. The summed E-state index contributed by atoms with van der Waals surface area (Å²) >= 11 is 3.27. The van der Waals surface area contributed by atoms with Crippen LogP contribution in [-0.2, 0) is 0 Å². The molecule has 0 heterocycles. The molecule has 0 unspecified atom stereocenters. The molecular formula is C15H11BrF2O3. The lowest BCUT2D eigenvalue weighted by Gasteiger charge is -2.09. The van der Waals surface area contributed by atoms with Crippen molar-refractivity contribution in [1.82, 2.24) is 0 Å². The fraction of sp³-hybridized carbons (Fsp3) is 0.133. The zero-order chi connectivity index (χ0) is 15.4. The molecule has 0 aromatic heterocycles. The molecule has 21 heavy (non-hydrogen) atoms. The average molecular weight is 357 g/mol. The van der Waals surface area contributed by atoms with E-state index in [2.05, 4.69) is 15.9 Å². The van der Waals surface area contributed by atoms with E-state index in [0.29, 0.717) is 16.0 Å². The molecule has 0 amide bonds. The number of Topliss-reactive ketones (excluding diaryl/α,β-unsaturated/α-hetero) is 1. The first-order valence-corrected chi connectivity index (χ1v) is 6.75. The minimum atomic E-state index is -0.779. The van der Waals surface area contributed by atoms with Crippen molar-refractivity contribution in [3.05, 3.63) is 58.1 Å². The van der Waals surface area contributed by atoms with Crippen LogP contribution in [0.15, 0.2) is 40.9 Å². The van der Waals surface area contributed by atoms with E-state index >= 15 is 0 Å². The summed E-state index contributed by atoms with van der Waals surface area (Å²) in [4.78, 5) is 11.9. The Kier molecular flexibility index (Phi) is 4.90. The number of hydrogen-bond acceptors (Lipinski definition) is 3. The molecule has 6 heteroatoms. The first-order valence-electron chi connectivity index (χ1n) is 5.96. The molecule has 0 atom stereocenters. The maximum absolute atomic E-state index is 13.5. The van der Waals surface area contributed by atoms with E-state index in [0.717, 1.165) is 18.2 Å².